The number of urea groups is 2. The third-order valence-electron chi connectivity index (χ3n) is 2.34. The van der Waals surface area contributed by atoms with Gasteiger partial charge in [0.15, 0.2) is 0 Å². The van der Waals surface area contributed by atoms with E-state index in [1.807, 2.05) is 0 Å². The summed E-state index contributed by atoms with van der Waals surface area (Å²) in [4.78, 5) is 45.1. The van der Waals surface area contributed by atoms with Crippen LogP contribution in [0, 0.1) is 0 Å². The summed E-state index contributed by atoms with van der Waals surface area (Å²) in [5.74, 6) is -2.46. The lowest BCUT2D eigenvalue weighted by molar-refractivity contribution is -0.140. The van der Waals surface area contributed by atoms with Crippen LogP contribution in [0.1, 0.15) is 12.8 Å². The molecule has 10 nitrogen and oxygen atoms in total. The van der Waals surface area contributed by atoms with Gasteiger partial charge in [0.05, 0.1) is 0 Å². The van der Waals surface area contributed by atoms with E-state index in [1.165, 1.54) is 4.90 Å². The smallest absolute Gasteiger partial charge is 0.326 e. The first-order valence-electron chi connectivity index (χ1n) is 6.18. The number of carboxylic acid groups (broad SMARTS) is 2. The molecule has 0 saturated carbocycles. The number of nitrogens with zero attached hydrogens (tertiary/aromatic N) is 1. The number of carboxylic acids is 2. The van der Waals surface area contributed by atoms with Gasteiger partial charge in [-0.25, -0.2) is 14.4 Å². The molecule has 0 aliphatic rings. The minimum Gasteiger partial charge on any atom is -0.481 e. The first kappa shape index (κ1) is 18.5. The van der Waals surface area contributed by atoms with Gasteiger partial charge < -0.3 is 31.1 Å². The monoisotopic (exact) mass is 304 g/mol. The second-order valence-corrected chi connectivity index (χ2v) is 4.35. The van der Waals surface area contributed by atoms with Crippen LogP contribution in [0.2, 0.25) is 0 Å². The van der Waals surface area contributed by atoms with Gasteiger partial charge in [-0.3, -0.25) is 4.79 Å². The van der Waals surface area contributed by atoms with Crippen LogP contribution >= 0.6 is 0 Å². The van der Waals surface area contributed by atoms with E-state index in [1.54, 1.807) is 14.1 Å². The third kappa shape index (κ3) is 9.08. The highest BCUT2D eigenvalue weighted by atomic mass is 16.4. The summed E-state index contributed by atoms with van der Waals surface area (Å²) in [6, 6.07) is -2.34. The molecule has 0 fully saturated rings. The molecule has 120 valence electrons. The van der Waals surface area contributed by atoms with Crippen molar-refractivity contribution in [3.8, 4) is 0 Å². The highest BCUT2D eigenvalue weighted by Gasteiger charge is 2.20. The summed E-state index contributed by atoms with van der Waals surface area (Å²) in [7, 11) is 3.13. The molecule has 10 heteroatoms. The van der Waals surface area contributed by atoms with Crippen LogP contribution in [-0.2, 0) is 9.59 Å². The Morgan fingerprint density at radius 2 is 1.62 bits per heavy atom. The van der Waals surface area contributed by atoms with Crippen LogP contribution in [-0.4, -0.2) is 72.3 Å². The van der Waals surface area contributed by atoms with Gasteiger partial charge in [0.2, 0.25) is 0 Å². The van der Waals surface area contributed by atoms with E-state index in [0.717, 1.165) is 0 Å². The van der Waals surface area contributed by atoms with Crippen molar-refractivity contribution in [1.29, 1.82) is 0 Å². The fourth-order valence-electron chi connectivity index (χ4n) is 1.24. The average Bonchev–Trinajstić information content (AvgIpc) is 2.38. The fraction of sp³-hybridized carbons (Fsp3) is 0.636. The van der Waals surface area contributed by atoms with Crippen molar-refractivity contribution >= 4 is 24.0 Å². The van der Waals surface area contributed by atoms with E-state index in [0.29, 0.717) is 0 Å². The van der Waals surface area contributed by atoms with Gasteiger partial charge in [-0.15, -0.1) is 0 Å². The molecule has 0 aliphatic heterocycles. The van der Waals surface area contributed by atoms with Gasteiger partial charge in [0.1, 0.15) is 6.04 Å². The molecule has 0 saturated heterocycles. The molecular weight excluding hydrogens is 284 g/mol. The van der Waals surface area contributed by atoms with Crippen molar-refractivity contribution in [2.45, 2.75) is 18.9 Å². The molecule has 0 radical (unpaired) electrons. The lowest BCUT2D eigenvalue weighted by Gasteiger charge is -2.15. The number of hydrogen-bond donors (Lipinski definition) is 5. The van der Waals surface area contributed by atoms with Gasteiger partial charge in [-0.1, -0.05) is 0 Å². The summed E-state index contributed by atoms with van der Waals surface area (Å²) in [6.45, 7) is 0.286. The Morgan fingerprint density at radius 1 is 1.05 bits per heavy atom. The zero-order chi connectivity index (χ0) is 16.4. The lowest BCUT2D eigenvalue weighted by atomic mass is 10.1. The van der Waals surface area contributed by atoms with E-state index in [4.69, 9.17) is 10.2 Å². The highest BCUT2D eigenvalue weighted by Crippen LogP contribution is 1.97. The number of carbonyl (C=O) groups excluding carboxylic acids is 2. The number of rotatable bonds is 8. The van der Waals surface area contributed by atoms with Gasteiger partial charge in [0.25, 0.3) is 0 Å². The molecule has 0 spiro atoms. The molecule has 21 heavy (non-hydrogen) atoms. The maximum absolute atomic E-state index is 11.4. The fourth-order valence-corrected chi connectivity index (χ4v) is 1.24. The summed E-state index contributed by atoms with van der Waals surface area (Å²) < 4.78 is 0. The van der Waals surface area contributed by atoms with E-state index in [9.17, 15) is 19.2 Å². The highest BCUT2D eigenvalue weighted by molar-refractivity contribution is 5.83. The van der Waals surface area contributed by atoms with Crippen LogP contribution in [0.15, 0.2) is 0 Å². The standard InChI is InChI=1S/C11H20N4O6/c1-15(2)11(21)13-6-5-12-10(20)14-7(9(18)19)3-4-8(16)17/h7H,3-6H2,1-2H3,(H,13,21)(H,16,17)(H,18,19)(H2,12,14,20). The summed E-state index contributed by atoms with van der Waals surface area (Å²) >= 11 is 0. The number of hydrogen-bond acceptors (Lipinski definition) is 4. The van der Waals surface area contributed by atoms with Crippen molar-refractivity contribution in [2.75, 3.05) is 27.2 Å². The molecule has 0 aromatic carbocycles. The molecule has 0 aromatic rings. The zero-order valence-electron chi connectivity index (χ0n) is 11.9. The van der Waals surface area contributed by atoms with Crippen LogP contribution in [0.5, 0.6) is 0 Å². The summed E-state index contributed by atoms with van der Waals surface area (Å²) in [5.41, 5.74) is 0. The van der Waals surface area contributed by atoms with Crippen molar-refractivity contribution in [3.63, 3.8) is 0 Å². The molecule has 0 heterocycles. The SMILES string of the molecule is CN(C)C(=O)NCCNC(=O)NC(CCC(=O)O)C(=O)O. The number of amides is 4. The van der Waals surface area contributed by atoms with E-state index in [-0.39, 0.29) is 32.0 Å². The van der Waals surface area contributed by atoms with Crippen LogP contribution in [0.3, 0.4) is 0 Å². The first-order chi connectivity index (χ1) is 9.73. The number of carbonyl (C=O) groups is 4. The predicted octanol–water partition coefficient (Wildman–Crippen LogP) is -1.13. The minimum absolute atomic E-state index is 0.108. The molecular formula is C11H20N4O6. The van der Waals surface area contributed by atoms with Crippen LogP contribution < -0.4 is 16.0 Å². The number of aliphatic carboxylic acids is 2. The Labute approximate surface area is 121 Å². The Hall–Kier alpha value is -2.52. The van der Waals surface area contributed by atoms with Gasteiger partial charge in [-0.2, -0.15) is 0 Å². The van der Waals surface area contributed by atoms with Crippen molar-refractivity contribution in [2.24, 2.45) is 0 Å². The molecule has 0 aromatic heterocycles. The van der Waals surface area contributed by atoms with Crippen molar-refractivity contribution in [3.05, 3.63) is 0 Å². The van der Waals surface area contributed by atoms with Crippen LogP contribution in [0.25, 0.3) is 0 Å². The molecule has 1 atom stereocenters. The lowest BCUT2D eigenvalue weighted by Crippen LogP contribution is -2.48. The van der Waals surface area contributed by atoms with E-state index >= 15 is 0 Å². The normalized spacial score (nSPS) is 11.1. The number of nitrogens with one attached hydrogen (secondary N) is 3. The maximum Gasteiger partial charge on any atom is 0.326 e. The van der Waals surface area contributed by atoms with E-state index in [2.05, 4.69) is 16.0 Å². The minimum atomic E-state index is -1.31. The maximum atomic E-state index is 11.4. The predicted molar refractivity (Wildman–Crippen MR) is 71.9 cm³/mol. The van der Waals surface area contributed by atoms with Gasteiger partial charge in [0, 0.05) is 33.6 Å². The topological polar surface area (TPSA) is 148 Å². The Morgan fingerprint density at radius 3 is 2.10 bits per heavy atom. The Bertz CT molecular complexity index is 398. The Balaban J connectivity index is 4.01. The molecule has 1 unspecified atom stereocenters. The summed E-state index contributed by atoms with van der Waals surface area (Å²) in [6.07, 6.45) is -0.578. The molecule has 0 aliphatic carbocycles. The van der Waals surface area contributed by atoms with Crippen molar-refractivity contribution in [1.82, 2.24) is 20.9 Å². The van der Waals surface area contributed by atoms with E-state index < -0.39 is 24.0 Å². The van der Waals surface area contributed by atoms with Gasteiger partial charge in [-0.05, 0) is 6.42 Å². The second kappa shape index (κ2) is 9.39. The molecule has 0 bridgehead atoms. The van der Waals surface area contributed by atoms with Crippen molar-refractivity contribution < 1.29 is 29.4 Å². The average molecular weight is 304 g/mol. The largest absolute Gasteiger partial charge is 0.481 e. The Kier molecular flexibility index (Phi) is 8.27. The van der Waals surface area contributed by atoms with Gasteiger partial charge >= 0.3 is 24.0 Å². The summed E-state index contributed by atoms with van der Waals surface area (Å²) in [5, 5.41) is 24.3. The molecule has 0 rings (SSSR count). The second-order valence-electron chi connectivity index (χ2n) is 4.35. The quantitative estimate of drug-likeness (QED) is 0.358. The molecule has 4 amide bonds. The molecule has 5 N–H and O–H groups in total. The van der Waals surface area contributed by atoms with Crippen LogP contribution in [0.4, 0.5) is 9.59 Å². The third-order valence-corrected chi connectivity index (χ3v) is 2.34. The zero-order valence-corrected chi connectivity index (χ0v) is 11.9. The first-order valence-corrected chi connectivity index (χ1v) is 6.18.